The van der Waals surface area contributed by atoms with Crippen LogP contribution in [0.15, 0.2) is 57.8 Å². The summed E-state index contributed by atoms with van der Waals surface area (Å²) in [6.45, 7) is 6.33. The average molecular weight is 461 g/mol. The van der Waals surface area contributed by atoms with Crippen LogP contribution in [0.4, 0.5) is 0 Å². The van der Waals surface area contributed by atoms with E-state index in [-0.39, 0.29) is 16.8 Å². The van der Waals surface area contributed by atoms with Crippen molar-refractivity contribution in [2.45, 2.75) is 37.5 Å². The van der Waals surface area contributed by atoms with Crippen molar-refractivity contribution in [2.24, 2.45) is 0 Å². The maximum atomic E-state index is 13.0. The van der Waals surface area contributed by atoms with E-state index in [1.807, 2.05) is 51.3 Å². The van der Waals surface area contributed by atoms with Crippen LogP contribution in [0.1, 0.15) is 48.5 Å². The number of fused-ring (bicyclic) bond motifs is 1. The largest absolute Gasteiger partial charge is 0.451 e. The smallest absolute Gasteiger partial charge is 0.287 e. The predicted molar refractivity (Wildman–Crippen MR) is 126 cm³/mol. The fraction of sp³-hybridized carbons (Fsp3) is 0.348. The Balaban J connectivity index is 1.81. The van der Waals surface area contributed by atoms with Gasteiger partial charge in [-0.3, -0.25) is 4.79 Å². The summed E-state index contributed by atoms with van der Waals surface area (Å²) in [6.07, 6.45) is 1.99. The Bertz CT molecular complexity index is 1150. The van der Waals surface area contributed by atoms with Crippen LogP contribution in [0.5, 0.6) is 0 Å². The zero-order valence-electron chi connectivity index (χ0n) is 18.2. The highest BCUT2D eigenvalue weighted by molar-refractivity contribution is 7.97. The zero-order valence-corrected chi connectivity index (χ0v) is 19.8. The minimum atomic E-state index is -3.51. The number of nitrogens with zero attached hydrogens (tertiary/aromatic N) is 1. The highest BCUT2D eigenvalue weighted by atomic mass is 32.2. The van der Waals surface area contributed by atoms with Crippen LogP contribution >= 0.6 is 11.8 Å². The number of nitrogens with one attached hydrogen (secondary N) is 1. The van der Waals surface area contributed by atoms with E-state index in [0.717, 1.165) is 16.5 Å². The summed E-state index contributed by atoms with van der Waals surface area (Å²) in [6, 6.07) is 14.0. The van der Waals surface area contributed by atoms with Gasteiger partial charge in [-0.05, 0) is 36.9 Å². The van der Waals surface area contributed by atoms with Crippen LogP contribution in [-0.2, 0) is 15.8 Å². The first-order chi connectivity index (χ1) is 14.8. The Morgan fingerprint density at radius 1 is 1.10 bits per heavy atom. The second-order valence-electron chi connectivity index (χ2n) is 7.19. The van der Waals surface area contributed by atoms with Crippen molar-refractivity contribution >= 4 is 38.7 Å². The van der Waals surface area contributed by atoms with E-state index >= 15 is 0 Å². The lowest BCUT2D eigenvalue weighted by molar-refractivity contribution is 0.0913. The number of thioether (sulfide) groups is 1. The summed E-state index contributed by atoms with van der Waals surface area (Å²) in [5.41, 5.74) is 2.39. The van der Waals surface area contributed by atoms with Gasteiger partial charge in [-0.15, -0.1) is 0 Å². The fourth-order valence-electron chi connectivity index (χ4n) is 3.56. The molecule has 166 valence electrons. The molecular weight excluding hydrogens is 432 g/mol. The van der Waals surface area contributed by atoms with Crippen LogP contribution in [0.2, 0.25) is 0 Å². The normalized spacial score (nSPS) is 12.9. The van der Waals surface area contributed by atoms with Crippen molar-refractivity contribution in [3.63, 3.8) is 0 Å². The molecule has 0 spiro atoms. The van der Waals surface area contributed by atoms with Gasteiger partial charge in [0.25, 0.3) is 5.91 Å². The highest BCUT2D eigenvalue weighted by Gasteiger charge is 2.23. The molecule has 31 heavy (non-hydrogen) atoms. The molecule has 3 rings (SSSR count). The van der Waals surface area contributed by atoms with Crippen LogP contribution in [0, 0.1) is 0 Å². The van der Waals surface area contributed by atoms with Crippen molar-refractivity contribution in [1.29, 1.82) is 0 Å². The Kier molecular flexibility index (Phi) is 7.46. The second kappa shape index (κ2) is 9.89. The number of carbonyl (C=O) groups is 1. The Morgan fingerprint density at radius 3 is 2.35 bits per heavy atom. The Labute approximate surface area is 188 Å². The molecule has 6 nitrogen and oxygen atoms in total. The lowest BCUT2D eigenvalue weighted by atomic mass is 10.1. The maximum Gasteiger partial charge on any atom is 0.287 e. The molecule has 0 saturated carbocycles. The van der Waals surface area contributed by atoms with E-state index in [1.54, 1.807) is 36.0 Å². The first-order valence-corrected chi connectivity index (χ1v) is 13.1. The van der Waals surface area contributed by atoms with Gasteiger partial charge in [0.15, 0.2) is 5.76 Å². The SMILES string of the molecule is CCN(CC)S(=O)(=O)c1ccc([C@H](C)NC(=O)c2oc3ccccc3c2CSC)cc1. The standard InChI is InChI=1S/C23H28N2O4S2/c1-5-25(6-2)31(27,28)18-13-11-17(12-14-18)16(3)24-23(26)22-20(15-30-4)19-9-7-8-10-21(19)29-22/h7-14,16H,5-6,15H2,1-4H3,(H,24,26)/t16-/m0/s1. The highest BCUT2D eigenvalue weighted by Crippen LogP contribution is 2.29. The fourth-order valence-corrected chi connectivity index (χ4v) is 5.59. The molecule has 0 aliphatic rings. The molecule has 0 unspecified atom stereocenters. The summed E-state index contributed by atoms with van der Waals surface area (Å²) >= 11 is 1.63. The van der Waals surface area contributed by atoms with E-state index in [2.05, 4.69) is 5.32 Å². The molecule has 1 amide bonds. The van der Waals surface area contributed by atoms with Gasteiger partial charge in [0.1, 0.15) is 5.58 Å². The van der Waals surface area contributed by atoms with Gasteiger partial charge in [-0.2, -0.15) is 16.1 Å². The quantitative estimate of drug-likeness (QED) is 0.495. The van der Waals surface area contributed by atoms with Gasteiger partial charge in [0, 0.05) is 29.8 Å². The van der Waals surface area contributed by atoms with Crippen molar-refractivity contribution in [3.8, 4) is 0 Å². The van der Waals surface area contributed by atoms with Gasteiger partial charge in [0.2, 0.25) is 10.0 Å². The molecule has 0 aliphatic heterocycles. The first kappa shape index (κ1) is 23.4. The van der Waals surface area contributed by atoms with E-state index in [4.69, 9.17) is 4.42 Å². The van der Waals surface area contributed by atoms with Gasteiger partial charge in [0.05, 0.1) is 10.9 Å². The van der Waals surface area contributed by atoms with Gasteiger partial charge < -0.3 is 9.73 Å². The third-order valence-electron chi connectivity index (χ3n) is 5.26. The lowest BCUT2D eigenvalue weighted by Crippen LogP contribution is -2.30. The molecule has 0 aliphatic carbocycles. The topological polar surface area (TPSA) is 79.6 Å². The summed E-state index contributed by atoms with van der Waals surface area (Å²) < 4.78 is 32.6. The lowest BCUT2D eigenvalue weighted by Gasteiger charge is -2.19. The number of hydrogen-bond donors (Lipinski definition) is 1. The molecular formula is C23H28N2O4S2. The van der Waals surface area contributed by atoms with Gasteiger partial charge >= 0.3 is 0 Å². The minimum absolute atomic E-state index is 0.248. The molecule has 1 N–H and O–H groups in total. The summed E-state index contributed by atoms with van der Waals surface area (Å²) in [7, 11) is -3.51. The van der Waals surface area contributed by atoms with Gasteiger partial charge in [-0.1, -0.05) is 44.2 Å². The second-order valence-corrected chi connectivity index (χ2v) is 10.00. The first-order valence-electron chi connectivity index (χ1n) is 10.2. The Morgan fingerprint density at radius 2 is 1.74 bits per heavy atom. The molecule has 0 radical (unpaired) electrons. The number of carbonyl (C=O) groups excluding carboxylic acids is 1. The molecule has 1 atom stereocenters. The van der Waals surface area contributed by atoms with Crippen LogP contribution < -0.4 is 5.32 Å². The number of amides is 1. The molecule has 8 heteroatoms. The van der Waals surface area contributed by atoms with Crippen LogP contribution in [-0.4, -0.2) is 38.0 Å². The predicted octanol–water partition coefficient (Wildman–Crippen LogP) is 4.82. The average Bonchev–Trinajstić information content (AvgIpc) is 3.13. The van der Waals surface area contributed by atoms with Crippen LogP contribution in [0.3, 0.4) is 0 Å². The Hall–Kier alpha value is -2.29. The summed E-state index contributed by atoms with van der Waals surface area (Å²) in [4.78, 5) is 13.2. The van der Waals surface area contributed by atoms with Crippen molar-refractivity contribution in [1.82, 2.24) is 9.62 Å². The third kappa shape index (κ3) is 4.81. The number of hydrogen-bond acceptors (Lipinski definition) is 5. The minimum Gasteiger partial charge on any atom is -0.451 e. The molecule has 1 heterocycles. The number of rotatable bonds is 9. The molecule has 3 aromatic rings. The maximum absolute atomic E-state index is 13.0. The summed E-state index contributed by atoms with van der Waals surface area (Å²) in [5, 5.41) is 3.92. The molecule has 0 bridgehead atoms. The van der Waals surface area contributed by atoms with Gasteiger partial charge in [-0.25, -0.2) is 8.42 Å². The summed E-state index contributed by atoms with van der Waals surface area (Å²) in [5.74, 6) is 0.710. The van der Waals surface area contributed by atoms with Crippen molar-refractivity contribution in [3.05, 3.63) is 65.4 Å². The zero-order chi connectivity index (χ0) is 22.6. The van der Waals surface area contributed by atoms with Crippen molar-refractivity contribution in [2.75, 3.05) is 19.3 Å². The van der Waals surface area contributed by atoms with Crippen LogP contribution in [0.25, 0.3) is 11.0 Å². The molecule has 0 fully saturated rings. The van der Waals surface area contributed by atoms with E-state index < -0.39 is 10.0 Å². The van der Waals surface area contributed by atoms with E-state index in [1.165, 1.54) is 4.31 Å². The van der Waals surface area contributed by atoms with E-state index in [9.17, 15) is 13.2 Å². The number of furan rings is 1. The van der Waals surface area contributed by atoms with E-state index in [0.29, 0.717) is 30.2 Å². The molecule has 0 saturated heterocycles. The molecule has 2 aromatic carbocycles. The molecule has 1 aromatic heterocycles. The number of benzene rings is 2. The number of sulfonamides is 1. The monoisotopic (exact) mass is 460 g/mol. The van der Waals surface area contributed by atoms with Crippen molar-refractivity contribution < 1.29 is 17.6 Å². The third-order valence-corrected chi connectivity index (χ3v) is 7.91. The number of para-hydroxylation sites is 1.